The lowest BCUT2D eigenvalue weighted by Crippen LogP contribution is -2.37. The lowest BCUT2D eigenvalue weighted by molar-refractivity contribution is -0.153. The zero-order chi connectivity index (χ0) is 24.5. The standard InChI is InChI=1S/C29H22N2O4/c1-18(32)35-28(21-5-3-2-4-6-21)29(34)31-26-12-11-25(33)15-24(26)16-27(31)22-10-9-20-8-7-19(17-30)13-23(20)14-22/h2-15,27-28,33H,16H2,1H3/t27-,28+/m1/s1. The van der Waals surface area contributed by atoms with Crippen molar-refractivity contribution in [2.45, 2.75) is 25.5 Å². The third-order valence-electron chi connectivity index (χ3n) is 6.27. The van der Waals surface area contributed by atoms with E-state index in [1.807, 2.05) is 36.4 Å². The molecule has 0 fully saturated rings. The molecule has 35 heavy (non-hydrogen) atoms. The smallest absolute Gasteiger partial charge is 0.303 e. The van der Waals surface area contributed by atoms with Gasteiger partial charge in [0.05, 0.1) is 17.7 Å². The van der Waals surface area contributed by atoms with Crippen molar-refractivity contribution in [2.24, 2.45) is 0 Å². The van der Waals surface area contributed by atoms with Crippen LogP contribution in [0.15, 0.2) is 84.9 Å². The first-order valence-corrected chi connectivity index (χ1v) is 11.3. The number of fused-ring (bicyclic) bond motifs is 2. The topological polar surface area (TPSA) is 90.6 Å². The number of nitrogens with zero attached hydrogens (tertiary/aromatic N) is 2. The molecule has 1 aliphatic rings. The predicted molar refractivity (Wildman–Crippen MR) is 132 cm³/mol. The molecule has 172 valence electrons. The van der Waals surface area contributed by atoms with Crippen molar-refractivity contribution in [3.63, 3.8) is 0 Å². The fraction of sp³-hybridized carbons (Fsp3) is 0.138. The van der Waals surface area contributed by atoms with E-state index < -0.39 is 12.1 Å². The van der Waals surface area contributed by atoms with Gasteiger partial charge in [0, 0.05) is 18.2 Å². The van der Waals surface area contributed by atoms with Gasteiger partial charge in [-0.1, -0.05) is 48.5 Å². The molecule has 6 heteroatoms. The minimum absolute atomic E-state index is 0.119. The van der Waals surface area contributed by atoms with Crippen LogP contribution < -0.4 is 4.90 Å². The number of phenolic OH excluding ortho intramolecular Hbond substituents is 1. The SMILES string of the molecule is CC(=O)O[C@H](C(=O)N1c2ccc(O)cc2C[C@@H]1c1ccc2ccc(C#N)cc2c1)c1ccccc1. The van der Waals surface area contributed by atoms with Gasteiger partial charge in [-0.2, -0.15) is 5.26 Å². The molecule has 0 aromatic heterocycles. The maximum Gasteiger partial charge on any atom is 0.303 e. The lowest BCUT2D eigenvalue weighted by Gasteiger charge is -2.30. The van der Waals surface area contributed by atoms with Gasteiger partial charge >= 0.3 is 5.97 Å². The zero-order valence-corrected chi connectivity index (χ0v) is 19.0. The second kappa shape index (κ2) is 8.96. The van der Waals surface area contributed by atoms with Gasteiger partial charge in [0.15, 0.2) is 0 Å². The number of ether oxygens (including phenoxy) is 1. The van der Waals surface area contributed by atoms with E-state index in [2.05, 4.69) is 6.07 Å². The number of hydrogen-bond acceptors (Lipinski definition) is 5. The first kappa shape index (κ1) is 22.2. The van der Waals surface area contributed by atoms with Crippen LogP contribution in [0.1, 0.15) is 41.3 Å². The Labute approximate surface area is 202 Å². The summed E-state index contributed by atoms with van der Waals surface area (Å²) in [5.41, 5.74) is 3.50. The van der Waals surface area contributed by atoms with E-state index in [1.165, 1.54) is 6.92 Å². The molecule has 1 amide bonds. The van der Waals surface area contributed by atoms with E-state index in [0.29, 0.717) is 23.2 Å². The number of esters is 1. The number of hydrogen-bond donors (Lipinski definition) is 1. The number of anilines is 1. The quantitative estimate of drug-likeness (QED) is 0.413. The van der Waals surface area contributed by atoms with Gasteiger partial charge < -0.3 is 14.7 Å². The minimum Gasteiger partial charge on any atom is -0.508 e. The van der Waals surface area contributed by atoms with Crippen molar-refractivity contribution in [2.75, 3.05) is 4.90 Å². The third kappa shape index (κ3) is 4.20. The van der Waals surface area contributed by atoms with Gasteiger partial charge in [0.2, 0.25) is 6.10 Å². The van der Waals surface area contributed by atoms with E-state index in [0.717, 1.165) is 21.9 Å². The molecule has 5 rings (SSSR count). The van der Waals surface area contributed by atoms with Gasteiger partial charge in [0.25, 0.3) is 5.91 Å². The molecule has 4 aromatic rings. The monoisotopic (exact) mass is 462 g/mol. The molecule has 0 spiro atoms. The van der Waals surface area contributed by atoms with E-state index in [1.54, 1.807) is 53.4 Å². The molecule has 2 atom stereocenters. The van der Waals surface area contributed by atoms with Crippen LogP contribution in [-0.4, -0.2) is 17.0 Å². The average molecular weight is 463 g/mol. The van der Waals surface area contributed by atoms with Crippen molar-refractivity contribution in [1.82, 2.24) is 0 Å². The van der Waals surface area contributed by atoms with E-state index in [4.69, 9.17) is 4.74 Å². The highest BCUT2D eigenvalue weighted by Crippen LogP contribution is 2.44. The van der Waals surface area contributed by atoms with Crippen molar-refractivity contribution in [3.05, 3.63) is 107 Å². The Morgan fingerprint density at radius 2 is 1.77 bits per heavy atom. The molecule has 4 aromatic carbocycles. The third-order valence-corrected chi connectivity index (χ3v) is 6.27. The maximum atomic E-state index is 14.0. The Morgan fingerprint density at radius 3 is 2.51 bits per heavy atom. The van der Waals surface area contributed by atoms with Crippen molar-refractivity contribution in [3.8, 4) is 11.8 Å². The Balaban J connectivity index is 1.62. The second-order valence-corrected chi connectivity index (χ2v) is 8.57. The highest BCUT2D eigenvalue weighted by molar-refractivity contribution is 6.01. The van der Waals surface area contributed by atoms with E-state index in [-0.39, 0.29) is 17.7 Å². The lowest BCUT2D eigenvalue weighted by atomic mass is 9.97. The van der Waals surface area contributed by atoms with Crippen LogP contribution in [0.4, 0.5) is 5.69 Å². The number of aromatic hydroxyl groups is 1. The van der Waals surface area contributed by atoms with Crippen molar-refractivity contribution < 1.29 is 19.4 Å². The summed E-state index contributed by atoms with van der Waals surface area (Å²) >= 11 is 0. The summed E-state index contributed by atoms with van der Waals surface area (Å²) in [5.74, 6) is -0.802. The molecule has 0 unspecified atom stereocenters. The van der Waals surface area contributed by atoms with Crippen LogP contribution in [0.3, 0.4) is 0 Å². The number of carbonyl (C=O) groups excluding carboxylic acids is 2. The van der Waals surface area contributed by atoms with Crippen LogP contribution in [-0.2, 0) is 20.7 Å². The van der Waals surface area contributed by atoms with Gasteiger partial charge in [-0.05, 0) is 64.7 Å². The molecule has 1 N–H and O–H groups in total. The van der Waals surface area contributed by atoms with Crippen LogP contribution in [0.2, 0.25) is 0 Å². The molecule has 0 saturated heterocycles. The Bertz CT molecular complexity index is 1490. The second-order valence-electron chi connectivity index (χ2n) is 8.57. The summed E-state index contributed by atoms with van der Waals surface area (Å²) in [6.45, 7) is 1.28. The molecule has 0 bridgehead atoms. The van der Waals surface area contributed by atoms with E-state index in [9.17, 15) is 20.0 Å². The van der Waals surface area contributed by atoms with Crippen LogP contribution in [0.25, 0.3) is 10.8 Å². The summed E-state index contributed by atoms with van der Waals surface area (Å²) in [4.78, 5) is 27.6. The van der Waals surface area contributed by atoms with Crippen molar-refractivity contribution in [1.29, 1.82) is 5.26 Å². The predicted octanol–water partition coefficient (Wildman–Crippen LogP) is 5.35. The molecular weight excluding hydrogens is 440 g/mol. The zero-order valence-electron chi connectivity index (χ0n) is 19.0. The Morgan fingerprint density at radius 1 is 1.00 bits per heavy atom. The maximum absolute atomic E-state index is 14.0. The minimum atomic E-state index is -1.11. The number of rotatable bonds is 4. The number of carbonyl (C=O) groups is 2. The molecule has 6 nitrogen and oxygen atoms in total. The summed E-state index contributed by atoms with van der Waals surface area (Å²) in [7, 11) is 0. The number of phenols is 1. The highest BCUT2D eigenvalue weighted by Gasteiger charge is 2.40. The summed E-state index contributed by atoms with van der Waals surface area (Å²) in [5, 5.41) is 21.3. The van der Waals surface area contributed by atoms with Gasteiger partial charge in [0.1, 0.15) is 5.75 Å². The fourth-order valence-corrected chi connectivity index (χ4v) is 4.70. The Kier molecular flexibility index (Phi) is 5.68. The van der Waals surface area contributed by atoms with Gasteiger partial charge in [-0.3, -0.25) is 9.59 Å². The first-order chi connectivity index (χ1) is 16.9. The molecular formula is C29H22N2O4. The van der Waals surface area contributed by atoms with Crippen LogP contribution in [0.5, 0.6) is 5.75 Å². The average Bonchev–Trinajstić information content (AvgIpc) is 3.25. The number of benzene rings is 4. The molecule has 0 saturated carbocycles. The van der Waals surface area contributed by atoms with Gasteiger partial charge in [-0.25, -0.2) is 0 Å². The Hall–Kier alpha value is -4.63. The fourth-order valence-electron chi connectivity index (χ4n) is 4.70. The molecule has 1 heterocycles. The largest absolute Gasteiger partial charge is 0.508 e. The number of nitriles is 1. The highest BCUT2D eigenvalue weighted by atomic mass is 16.5. The number of amides is 1. The summed E-state index contributed by atoms with van der Waals surface area (Å²) in [6, 6.07) is 27.1. The summed E-state index contributed by atoms with van der Waals surface area (Å²) < 4.78 is 5.52. The summed E-state index contributed by atoms with van der Waals surface area (Å²) in [6.07, 6.45) is -0.623. The first-order valence-electron chi connectivity index (χ1n) is 11.3. The molecule has 0 radical (unpaired) electrons. The molecule has 0 aliphatic carbocycles. The van der Waals surface area contributed by atoms with E-state index >= 15 is 0 Å². The normalized spacial score (nSPS) is 15.3. The van der Waals surface area contributed by atoms with Crippen LogP contribution in [0, 0.1) is 11.3 Å². The van der Waals surface area contributed by atoms with Crippen molar-refractivity contribution >= 4 is 28.3 Å². The molecule has 1 aliphatic heterocycles. The van der Waals surface area contributed by atoms with Crippen LogP contribution >= 0.6 is 0 Å². The van der Waals surface area contributed by atoms with Gasteiger partial charge in [-0.15, -0.1) is 0 Å².